The van der Waals surface area contributed by atoms with Crippen LogP contribution in [0.3, 0.4) is 0 Å². The van der Waals surface area contributed by atoms with Crippen LogP contribution in [-0.4, -0.2) is 11.7 Å². The van der Waals surface area contributed by atoms with Crippen LogP contribution in [0.2, 0.25) is 0 Å². The van der Waals surface area contributed by atoms with Crippen molar-refractivity contribution in [3.05, 3.63) is 34.5 Å². The molecule has 0 saturated heterocycles. The highest BCUT2D eigenvalue weighted by molar-refractivity contribution is 9.10. The standard InChI is InChI=1S/C11H11BrO2/c1-7(5-13)8-6-14-10-4-2-3-9(12)11(8)10/h2-4,6-7,13H,5H2,1H3. The van der Waals surface area contributed by atoms with E-state index in [0.717, 1.165) is 21.0 Å². The van der Waals surface area contributed by atoms with E-state index < -0.39 is 0 Å². The lowest BCUT2D eigenvalue weighted by atomic mass is 10.0. The van der Waals surface area contributed by atoms with Gasteiger partial charge in [-0.25, -0.2) is 0 Å². The maximum Gasteiger partial charge on any atom is 0.135 e. The summed E-state index contributed by atoms with van der Waals surface area (Å²) >= 11 is 3.48. The third-order valence-electron chi connectivity index (χ3n) is 2.38. The number of aliphatic hydroxyl groups excluding tert-OH is 1. The first-order chi connectivity index (χ1) is 6.74. The lowest BCUT2D eigenvalue weighted by molar-refractivity contribution is 0.273. The summed E-state index contributed by atoms with van der Waals surface area (Å²) < 4.78 is 6.42. The molecule has 0 aliphatic rings. The molecule has 2 nitrogen and oxygen atoms in total. The van der Waals surface area contributed by atoms with Gasteiger partial charge in [0.15, 0.2) is 0 Å². The van der Waals surface area contributed by atoms with Gasteiger partial charge in [-0.2, -0.15) is 0 Å². The molecular formula is C11H11BrO2. The summed E-state index contributed by atoms with van der Waals surface area (Å²) in [6, 6.07) is 5.84. The highest BCUT2D eigenvalue weighted by atomic mass is 79.9. The van der Waals surface area contributed by atoms with Crippen LogP contribution in [0.1, 0.15) is 18.4 Å². The van der Waals surface area contributed by atoms with Gasteiger partial charge in [-0.3, -0.25) is 0 Å². The number of hydrogen-bond donors (Lipinski definition) is 1. The van der Waals surface area contributed by atoms with E-state index in [-0.39, 0.29) is 12.5 Å². The third kappa shape index (κ3) is 1.47. The van der Waals surface area contributed by atoms with E-state index >= 15 is 0 Å². The number of aliphatic hydroxyl groups is 1. The Bertz CT molecular complexity index is 447. The monoisotopic (exact) mass is 254 g/mol. The second-order valence-electron chi connectivity index (χ2n) is 3.39. The molecule has 1 atom stereocenters. The average molecular weight is 255 g/mol. The fraction of sp³-hybridized carbons (Fsp3) is 0.273. The molecule has 2 rings (SSSR count). The van der Waals surface area contributed by atoms with Gasteiger partial charge in [0.25, 0.3) is 0 Å². The summed E-state index contributed by atoms with van der Waals surface area (Å²) in [5, 5.41) is 10.2. The molecule has 0 spiro atoms. The Morgan fingerprint density at radius 3 is 3.00 bits per heavy atom. The maximum atomic E-state index is 9.10. The van der Waals surface area contributed by atoms with Crippen molar-refractivity contribution in [2.45, 2.75) is 12.8 Å². The summed E-state index contributed by atoms with van der Waals surface area (Å²) in [5.74, 6) is 0.106. The van der Waals surface area contributed by atoms with E-state index in [4.69, 9.17) is 9.52 Å². The predicted octanol–water partition coefficient (Wildman–Crippen LogP) is 3.29. The Labute approximate surface area is 90.7 Å². The molecule has 1 aromatic heterocycles. The summed E-state index contributed by atoms with van der Waals surface area (Å²) in [7, 11) is 0. The molecule has 0 aliphatic heterocycles. The van der Waals surface area contributed by atoms with Gasteiger partial charge in [0.2, 0.25) is 0 Å². The topological polar surface area (TPSA) is 33.4 Å². The molecule has 0 fully saturated rings. The van der Waals surface area contributed by atoms with Gasteiger partial charge >= 0.3 is 0 Å². The zero-order valence-electron chi connectivity index (χ0n) is 7.83. The molecule has 1 heterocycles. The van der Waals surface area contributed by atoms with Crippen molar-refractivity contribution in [3.63, 3.8) is 0 Å². The molecule has 1 N–H and O–H groups in total. The van der Waals surface area contributed by atoms with Crippen LogP contribution >= 0.6 is 15.9 Å². The normalized spacial score (nSPS) is 13.4. The molecule has 1 aromatic carbocycles. The van der Waals surface area contributed by atoms with E-state index in [1.807, 2.05) is 25.1 Å². The molecule has 1 unspecified atom stereocenters. The minimum atomic E-state index is 0.106. The molecule has 74 valence electrons. The second kappa shape index (κ2) is 3.75. The molecule has 0 saturated carbocycles. The van der Waals surface area contributed by atoms with Crippen molar-refractivity contribution >= 4 is 26.9 Å². The van der Waals surface area contributed by atoms with Crippen LogP contribution in [0.15, 0.2) is 33.4 Å². The maximum absolute atomic E-state index is 9.10. The number of halogens is 1. The van der Waals surface area contributed by atoms with Crippen molar-refractivity contribution in [1.82, 2.24) is 0 Å². The van der Waals surface area contributed by atoms with Crippen LogP contribution in [0.5, 0.6) is 0 Å². The highest BCUT2D eigenvalue weighted by Crippen LogP contribution is 2.32. The Morgan fingerprint density at radius 1 is 1.50 bits per heavy atom. The van der Waals surface area contributed by atoms with Crippen LogP contribution in [-0.2, 0) is 0 Å². The predicted molar refractivity (Wildman–Crippen MR) is 59.4 cm³/mol. The molecule has 0 amide bonds. The van der Waals surface area contributed by atoms with Crippen molar-refractivity contribution < 1.29 is 9.52 Å². The Morgan fingerprint density at radius 2 is 2.29 bits per heavy atom. The Balaban J connectivity index is 2.67. The molecule has 0 radical (unpaired) electrons. The van der Waals surface area contributed by atoms with Gasteiger partial charge < -0.3 is 9.52 Å². The fourth-order valence-corrected chi connectivity index (χ4v) is 2.11. The molecular weight excluding hydrogens is 244 g/mol. The molecule has 0 bridgehead atoms. The van der Waals surface area contributed by atoms with E-state index in [2.05, 4.69) is 15.9 Å². The van der Waals surface area contributed by atoms with Gasteiger partial charge in [0, 0.05) is 27.9 Å². The van der Waals surface area contributed by atoms with Crippen molar-refractivity contribution in [2.75, 3.05) is 6.61 Å². The van der Waals surface area contributed by atoms with Crippen LogP contribution < -0.4 is 0 Å². The van der Waals surface area contributed by atoms with Gasteiger partial charge in [-0.05, 0) is 12.1 Å². The molecule has 14 heavy (non-hydrogen) atoms. The van der Waals surface area contributed by atoms with Crippen molar-refractivity contribution in [3.8, 4) is 0 Å². The quantitative estimate of drug-likeness (QED) is 0.893. The molecule has 0 aliphatic carbocycles. The first-order valence-electron chi connectivity index (χ1n) is 4.50. The Hall–Kier alpha value is -0.800. The first kappa shape index (κ1) is 9.74. The van der Waals surface area contributed by atoms with Gasteiger partial charge in [-0.1, -0.05) is 28.9 Å². The lowest BCUT2D eigenvalue weighted by Gasteiger charge is -2.05. The number of furan rings is 1. The largest absolute Gasteiger partial charge is 0.464 e. The number of hydrogen-bond acceptors (Lipinski definition) is 2. The third-order valence-corrected chi connectivity index (χ3v) is 3.04. The first-order valence-corrected chi connectivity index (χ1v) is 5.30. The van der Waals surface area contributed by atoms with E-state index in [0.29, 0.717) is 0 Å². The zero-order chi connectivity index (χ0) is 10.1. The zero-order valence-corrected chi connectivity index (χ0v) is 9.41. The van der Waals surface area contributed by atoms with Crippen molar-refractivity contribution in [2.24, 2.45) is 0 Å². The number of benzene rings is 1. The summed E-state index contributed by atoms with van der Waals surface area (Å²) in [4.78, 5) is 0. The van der Waals surface area contributed by atoms with Crippen LogP contribution in [0.4, 0.5) is 0 Å². The summed E-state index contributed by atoms with van der Waals surface area (Å²) in [6.07, 6.45) is 1.72. The molecule has 2 aromatic rings. The van der Waals surface area contributed by atoms with Crippen molar-refractivity contribution in [1.29, 1.82) is 0 Å². The van der Waals surface area contributed by atoms with E-state index in [9.17, 15) is 0 Å². The van der Waals surface area contributed by atoms with Crippen LogP contribution in [0.25, 0.3) is 11.0 Å². The van der Waals surface area contributed by atoms with Gasteiger partial charge in [0.1, 0.15) is 5.58 Å². The second-order valence-corrected chi connectivity index (χ2v) is 4.24. The van der Waals surface area contributed by atoms with E-state index in [1.54, 1.807) is 6.26 Å². The molecule has 3 heteroatoms. The summed E-state index contributed by atoms with van der Waals surface area (Å²) in [5.41, 5.74) is 1.91. The van der Waals surface area contributed by atoms with E-state index in [1.165, 1.54) is 0 Å². The SMILES string of the molecule is CC(CO)c1coc2cccc(Br)c12. The smallest absolute Gasteiger partial charge is 0.135 e. The summed E-state index contributed by atoms with van der Waals surface area (Å²) in [6.45, 7) is 2.11. The Kier molecular flexibility index (Phi) is 2.61. The number of rotatable bonds is 2. The minimum absolute atomic E-state index is 0.106. The average Bonchev–Trinajstić information content (AvgIpc) is 2.62. The van der Waals surface area contributed by atoms with Gasteiger partial charge in [-0.15, -0.1) is 0 Å². The fourth-order valence-electron chi connectivity index (χ4n) is 1.53. The van der Waals surface area contributed by atoms with Crippen LogP contribution in [0, 0.1) is 0 Å². The van der Waals surface area contributed by atoms with Gasteiger partial charge in [0.05, 0.1) is 6.26 Å². The highest BCUT2D eigenvalue weighted by Gasteiger charge is 2.13. The lowest BCUT2D eigenvalue weighted by Crippen LogP contribution is -1.97. The number of fused-ring (bicyclic) bond motifs is 1. The minimum Gasteiger partial charge on any atom is -0.464 e.